The van der Waals surface area contributed by atoms with Crippen LogP contribution in [0.2, 0.25) is 0 Å². The Hall–Kier alpha value is -3.71. The molecule has 1 N–H and O–H groups in total. The summed E-state index contributed by atoms with van der Waals surface area (Å²) in [7, 11) is 0. The summed E-state index contributed by atoms with van der Waals surface area (Å²) in [6.07, 6.45) is 0. The van der Waals surface area contributed by atoms with Gasteiger partial charge in [0.15, 0.2) is 11.2 Å². The number of rotatable bonds is 4. The molecule has 0 aromatic heterocycles. The van der Waals surface area contributed by atoms with Crippen LogP contribution in [-0.2, 0) is 26.3 Å². The number of ketones is 1. The molecule has 170 valence electrons. The molecule has 1 atom stereocenters. The van der Waals surface area contributed by atoms with Gasteiger partial charge in [0.25, 0.3) is 5.91 Å². The predicted molar refractivity (Wildman–Crippen MR) is 130 cm³/mol. The van der Waals surface area contributed by atoms with Crippen molar-refractivity contribution in [2.75, 3.05) is 11.5 Å². The highest BCUT2D eigenvalue weighted by Crippen LogP contribution is 2.53. The van der Waals surface area contributed by atoms with Crippen LogP contribution >= 0.6 is 15.9 Å². The maximum atomic E-state index is 14.3. The number of aliphatic hydroxyl groups is 1. The molecule has 1 spiro atoms. The van der Waals surface area contributed by atoms with Crippen molar-refractivity contribution in [1.29, 1.82) is 0 Å². The molecule has 6 nitrogen and oxygen atoms in total. The Morgan fingerprint density at radius 3 is 2.38 bits per heavy atom. The second-order valence-corrected chi connectivity index (χ2v) is 9.02. The quantitative estimate of drug-likeness (QED) is 0.390. The van der Waals surface area contributed by atoms with E-state index in [1.165, 1.54) is 4.90 Å². The van der Waals surface area contributed by atoms with E-state index >= 15 is 0 Å². The summed E-state index contributed by atoms with van der Waals surface area (Å²) < 4.78 is 5.89. The highest BCUT2D eigenvalue weighted by Gasteiger charge is 2.64. The van der Waals surface area contributed by atoms with E-state index in [0.717, 1.165) is 5.56 Å². The first-order valence-corrected chi connectivity index (χ1v) is 11.6. The standard InChI is InChI=1S/C27H20BrNO5/c1-2-34-25(32)22-23(30)18-10-6-7-11-19(18)24(31)27(22)20-14-17(28)12-13-21(20)29(26(27)33)15-16-8-4-3-5-9-16/h3-14,30H,2,15H2,1H3/t27-/m1/s1. The molecule has 1 aliphatic heterocycles. The molecule has 34 heavy (non-hydrogen) atoms. The lowest BCUT2D eigenvalue weighted by Gasteiger charge is -2.33. The number of carbonyl (C=O) groups is 3. The van der Waals surface area contributed by atoms with Crippen molar-refractivity contribution in [3.63, 3.8) is 0 Å². The van der Waals surface area contributed by atoms with E-state index in [9.17, 15) is 19.5 Å². The van der Waals surface area contributed by atoms with Crippen LogP contribution < -0.4 is 4.90 Å². The minimum absolute atomic E-state index is 0.0226. The number of amides is 1. The highest BCUT2D eigenvalue weighted by molar-refractivity contribution is 9.10. The van der Waals surface area contributed by atoms with Gasteiger partial charge in [-0.15, -0.1) is 0 Å². The van der Waals surface area contributed by atoms with Crippen LogP contribution in [0.15, 0.2) is 82.8 Å². The number of benzene rings is 3. The fraction of sp³-hybridized carbons (Fsp3) is 0.148. The smallest absolute Gasteiger partial charge is 0.339 e. The molecular weight excluding hydrogens is 498 g/mol. The molecule has 0 unspecified atom stereocenters. The number of esters is 1. The first-order valence-electron chi connectivity index (χ1n) is 10.8. The highest BCUT2D eigenvalue weighted by atomic mass is 79.9. The minimum Gasteiger partial charge on any atom is -0.507 e. The van der Waals surface area contributed by atoms with E-state index in [0.29, 0.717) is 15.7 Å². The minimum atomic E-state index is -2.06. The van der Waals surface area contributed by atoms with E-state index in [1.807, 2.05) is 30.3 Å². The zero-order chi connectivity index (χ0) is 24.0. The normalized spacial score (nSPS) is 18.8. The first-order chi connectivity index (χ1) is 16.4. The van der Waals surface area contributed by atoms with Crippen molar-refractivity contribution in [3.8, 4) is 0 Å². The van der Waals surface area contributed by atoms with Crippen molar-refractivity contribution in [2.24, 2.45) is 0 Å². The van der Waals surface area contributed by atoms with Crippen molar-refractivity contribution in [2.45, 2.75) is 18.9 Å². The zero-order valence-electron chi connectivity index (χ0n) is 18.2. The van der Waals surface area contributed by atoms with Gasteiger partial charge in [-0.05, 0) is 30.7 Å². The van der Waals surface area contributed by atoms with E-state index in [-0.39, 0.29) is 29.9 Å². The maximum absolute atomic E-state index is 14.3. The molecule has 5 rings (SSSR count). The van der Waals surface area contributed by atoms with Gasteiger partial charge in [-0.25, -0.2) is 4.79 Å². The number of aliphatic hydroxyl groups excluding tert-OH is 1. The van der Waals surface area contributed by atoms with Crippen LogP contribution in [0.5, 0.6) is 0 Å². The summed E-state index contributed by atoms with van der Waals surface area (Å²) in [4.78, 5) is 43.2. The summed E-state index contributed by atoms with van der Waals surface area (Å²) in [5.41, 5.74) is -0.343. The molecule has 1 amide bonds. The number of fused-ring (bicyclic) bond motifs is 3. The van der Waals surface area contributed by atoms with Crippen LogP contribution in [0.4, 0.5) is 5.69 Å². The number of carbonyl (C=O) groups excluding carboxylic acids is 3. The molecule has 0 saturated carbocycles. The SMILES string of the molecule is CCOC(=O)C1=C(O)c2ccccc2C(=O)[C@]12C(=O)N(Cc1ccccc1)c1ccc(Br)cc12. The molecule has 3 aromatic carbocycles. The molecule has 0 saturated heterocycles. The number of anilines is 1. The van der Waals surface area contributed by atoms with Gasteiger partial charge in [0.1, 0.15) is 11.3 Å². The molecule has 0 fully saturated rings. The van der Waals surface area contributed by atoms with E-state index in [4.69, 9.17) is 4.74 Å². The van der Waals surface area contributed by atoms with Crippen LogP contribution in [-0.4, -0.2) is 29.4 Å². The van der Waals surface area contributed by atoms with Gasteiger partial charge >= 0.3 is 5.97 Å². The Balaban J connectivity index is 1.82. The summed E-state index contributed by atoms with van der Waals surface area (Å²) in [5.74, 6) is -2.49. The van der Waals surface area contributed by atoms with Gasteiger partial charge in [-0.1, -0.05) is 70.5 Å². The van der Waals surface area contributed by atoms with E-state index in [2.05, 4.69) is 15.9 Å². The second-order valence-electron chi connectivity index (χ2n) is 8.11. The van der Waals surface area contributed by atoms with Gasteiger partial charge in [0.05, 0.1) is 13.2 Å². The lowest BCUT2D eigenvalue weighted by Crippen LogP contribution is -2.51. The topological polar surface area (TPSA) is 83.9 Å². The summed E-state index contributed by atoms with van der Waals surface area (Å²) in [6.45, 7) is 1.85. The van der Waals surface area contributed by atoms with Gasteiger partial charge in [0, 0.05) is 26.9 Å². The summed E-state index contributed by atoms with van der Waals surface area (Å²) in [5, 5.41) is 11.3. The van der Waals surface area contributed by atoms with Crippen molar-refractivity contribution >= 4 is 45.0 Å². The Kier molecular flexibility index (Phi) is 5.37. The molecule has 2 aliphatic rings. The Morgan fingerprint density at radius 1 is 1.00 bits per heavy atom. The lowest BCUT2D eigenvalue weighted by molar-refractivity contribution is -0.140. The Morgan fingerprint density at radius 2 is 1.68 bits per heavy atom. The van der Waals surface area contributed by atoms with Crippen LogP contribution in [0.1, 0.15) is 34.0 Å². The van der Waals surface area contributed by atoms with E-state index in [1.54, 1.807) is 49.4 Å². The van der Waals surface area contributed by atoms with Gasteiger partial charge in [-0.3, -0.25) is 9.59 Å². The largest absolute Gasteiger partial charge is 0.507 e. The Labute approximate surface area is 204 Å². The number of nitrogens with zero attached hydrogens (tertiary/aromatic N) is 1. The van der Waals surface area contributed by atoms with Crippen molar-refractivity contribution in [1.82, 2.24) is 0 Å². The van der Waals surface area contributed by atoms with E-state index < -0.39 is 28.8 Å². The number of Topliss-reactive ketones (excluding diaryl/α,β-unsaturated/α-hetero) is 1. The molecule has 7 heteroatoms. The third kappa shape index (κ3) is 3.04. The number of halogens is 1. The van der Waals surface area contributed by atoms with Gasteiger partial charge in [-0.2, -0.15) is 0 Å². The molecular formula is C27H20BrNO5. The molecule has 0 bridgehead atoms. The monoisotopic (exact) mass is 517 g/mol. The third-order valence-corrected chi connectivity index (χ3v) is 6.75. The third-order valence-electron chi connectivity index (χ3n) is 6.26. The van der Waals surface area contributed by atoms with Gasteiger partial charge in [0.2, 0.25) is 0 Å². The van der Waals surface area contributed by atoms with Crippen LogP contribution in [0, 0.1) is 0 Å². The first kappa shape index (κ1) is 22.1. The number of ether oxygens (including phenoxy) is 1. The van der Waals surface area contributed by atoms with Crippen molar-refractivity contribution < 1.29 is 24.2 Å². The fourth-order valence-electron chi connectivity index (χ4n) is 4.82. The average molecular weight is 518 g/mol. The van der Waals surface area contributed by atoms with Crippen LogP contribution in [0.3, 0.4) is 0 Å². The summed E-state index contributed by atoms with van der Waals surface area (Å²) >= 11 is 3.44. The van der Waals surface area contributed by atoms with Crippen LogP contribution in [0.25, 0.3) is 5.76 Å². The summed E-state index contributed by atoms with van der Waals surface area (Å²) in [6, 6.07) is 21.0. The Bertz CT molecular complexity index is 1380. The van der Waals surface area contributed by atoms with Crippen molar-refractivity contribution in [3.05, 3.63) is 105 Å². The lowest BCUT2D eigenvalue weighted by atomic mass is 9.65. The number of hydrogen-bond donors (Lipinski definition) is 1. The average Bonchev–Trinajstić information content (AvgIpc) is 3.07. The van der Waals surface area contributed by atoms with Gasteiger partial charge < -0.3 is 14.7 Å². The zero-order valence-corrected chi connectivity index (χ0v) is 19.8. The predicted octanol–water partition coefficient (Wildman–Crippen LogP) is 4.96. The molecule has 1 heterocycles. The molecule has 0 radical (unpaired) electrons. The second kappa shape index (κ2) is 8.25. The molecule has 3 aromatic rings. The maximum Gasteiger partial charge on any atom is 0.339 e. The molecule has 1 aliphatic carbocycles. The fourth-order valence-corrected chi connectivity index (χ4v) is 5.18. The number of hydrogen-bond acceptors (Lipinski definition) is 5.